The molecule has 36 heavy (non-hydrogen) atoms. The zero-order chi connectivity index (χ0) is 26.6. The van der Waals surface area contributed by atoms with Crippen molar-refractivity contribution in [1.82, 2.24) is 24.3 Å². The first-order valence-corrected chi connectivity index (χ1v) is 10.5. The smallest absolute Gasteiger partial charge is 0.312 e. The van der Waals surface area contributed by atoms with Gasteiger partial charge in [-0.1, -0.05) is 0 Å². The number of aryl methyl sites for hydroxylation is 3. The van der Waals surface area contributed by atoms with E-state index in [0.717, 1.165) is 6.07 Å². The molecule has 6 N–H and O–H groups in total. The summed E-state index contributed by atoms with van der Waals surface area (Å²) in [7, 11) is 4.76. The molecule has 0 radical (unpaired) electrons. The van der Waals surface area contributed by atoms with Crippen molar-refractivity contribution in [3.05, 3.63) is 64.0 Å². The molecule has 0 unspecified atom stereocenters. The van der Waals surface area contributed by atoms with Crippen LogP contribution < -0.4 is 27.0 Å². The van der Waals surface area contributed by atoms with E-state index >= 15 is 0 Å². The summed E-state index contributed by atoms with van der Waals surface area (Å²) in [6, 6.07) is 3.40. The van der Waals surface area contributed by atoms with E-state index in [1.54, 1.807) is 20.3 Å². The molecular weight excluding hydrogens is 474 g/mol. The number of primary amides is 1. The van der Waals surface area contributed by atoms with Crippen LogP contribution in [0.1, 0.15) is 31.5 Å². The first kappa shape index (κ1) is 25.5. The van der Waals surface area contributed by atoms with Crippen molar-refractivity contribution in [1.29, 1.82) is 0 Å². The fraction of sp³-hybridized carbons (Fsp3) is 0.238. The third kappa shape index (κ3) is 5.88. The molecule has 0 aliphatic carbocycles. The van der Waals surface area contributed by atoms with E-state index in [1.807, 2.05) is 0 Å². The number of nitrogens with zero attached hydrogens (tertiary/aromatic N) is 4. The molecule has 3 heterocycles. The SMILES string of the molecule is Cn1cc(NC(=O)c2cc(NC(=O)c3cc([N+](=O)[O-])cn3C)cn2C)cc1C(=O)NCCNC(N)=O. The summed E-state index contributed by atoms with van der Waals surface area (Å²) in [6.07, 6.45) is 4.31. The molecule has 0 bridgehead atoms. The first-order valence-electron chi connectivity index (χ1n) is 10.5. The van der Waals surface area contributed by atoms with Crippen LogP contribution in [-0.4, -0.2) is 55.5 Å². The van der Waals surface area contributed by atoms with Crippen LogP contribution >= 0.6 is 0 Å². The minimum absolute atomic E-state index is 0.0806. The van der Waals surface area contributed by atoms with E-state index in [2.05, 4.69) is 21.3 Å². The molecule has 0 aromatic carbocycles. The number of rotatable bonds is 9. The van der Waals surface area contributed by atoms with Gasteiger partial charge in [0.05, 0.1) is 22.5 Å². The zero-order valence-corrected chi connectivity index (χ0v) is 19.7. The highest BCUT2D eigenvalue weighted by molar-refractivity contribution is 6.07. The predicted octanol–water partition coefficient (Wildman–Crippen LogP) is 0.513. The highest BCUT2D eigenvalue weighted by atomic mass is 16.6. The number of hydrogen-bond acceptors (Lipinski definition) is 6. The van der Waals surface area contributed by atoms with Gasteiger partial charge in [-0.25, -0.2) is 4.79 Å². The molecular formula is C21H25N9O6. The summed E-state index contributed by atoms with van der Waals surface area (Å²) in [5.41, 5.74) is 6.01. The number of urea groups is 1. The van der Waals surface area contributed by atoms with E-state index < -0.39 is 28.7 Å². The number of aromatic nitrogens is 3. The number of anilines is 2. The minimum atomic E-state index is -0.694. The Morgan fingerprint density at radius 1 is 0.778 bits per heavy atom. The average molecular weight is 499 g/mol. The van der Waals surface area contributed by atoms with Crippen molar-refractivity contribution in [3.8, 4) is 0 Å². The lowest BCUT2D eigenvalue weighted by Gasteiger charge is -2.05. The molecule has 15 nitrogen and oxygen atoms in total. The van der Waals surface area contributed by atoms with Crippen LogP contribution in [0.3, 0.4) is 0 Å². The standard InChI is InChI=1S/C21H25N9O6/c1-27-9-12(6-15(27)18(31)23-4-5-24-21(22)34)25-19(32)16-7-13(10-28(16)2)26-20(33)17-8-14(30(35)36)11-29(17)3/h6-11H,4-5H2,1-3H3,(H,23,31)(H,25,32)(H,26,33)(H3,22,24,34). The molecule has 3 aromatic rings. The van der Waals surface area contributed by atoms with Gasteiger partial charge in [-0.15, -0.1) is 0 Å². The maximum atomic E-state index is 12.8. The molecule has 190 valence electrons. The Morgan fingerprint density at radius 3 is 1.69 bits per heavy atom. The summed E-state index contributed by atoms with van der Waals surface area (Å²) >= 11 is 0. The van der Waals surface area contributed by atoms with Crippen LogP contribution in [0, 0.1) is 10.1 Å². The molecule has 3 rings (SSSR count). The molecule has 0 spiro atoms. The Morgan fingerprint density at radius 2 is 1.22 bits per heavy atom. The van der Waals surface area contributed by atoms with Gasteiger partial charge in [-0.2, -0.15) is 0 Å². The number of amides is 5. The Kier molecular flexibility index (Phi) is 7.42. The van der Waals surface area contributed by atoms with E-state index in [4.69, 9.17) is 5.73 Å². The highest BCUT2D eigenvalue weighted by Crippen LogP contribution is 2.20. The van der Waals surface area contributed by atoms with Gasteiger partial charge in [-0.3, -0.25) is 24.5 Å². The maximum Gasteiger partial charge on any atom is 0.312 e. The lowest BCUT2D eigenvalue weighted by Crippen LogP contribution is -2.37. The Labute approximate surface area is 204 Å². The second-order valence-electron chi connectivity index (χ2n) is 7.86. The topological polar surface area (TPSA) is 200 Å². The molecule has 0 saturated carbocycles. The number of nitrogens with two attached hydrogens (primary N) is 1. The zero-order valence-electron chi connectivity index (χ0n) is 19.7. The van der Waals surface area contributed by atoms with Gasteiger partial charge >= 0.3 is 6.03 Å². The van der Waals surface area contributed by atoms with Crippen LogP contribution in [-0.2, 0) is 21.1 Å². The second-order valence-corrected chi connectivity index (χ2v) is 7.86. The Balaban J connectivity index is 1.65. The summed E-state index contributed by atoms with van der Waals surface area (Å²) in [5, 5.41) is 21.2. The van der Waals surface area contributed by atoms with Crippen LogP contribution in [0.25, 0.3) is 0 Å². The van der Waals surface area contributed by atoms with Crippen molar-refractivity contribution in [2.45, 2.75) is 0 Å². The summed E-state index contributed by atoms with van der Waals surface area (Å²) in [6.45, 7) is 0.338. The number of nitrogens with one attached hydrogen (secondary N) is 4. The Hall–Kier alpha value is -5.08. The van der Waals surface area contributed by atoms with Gasteiger partial charge in [0.15, 0.2) is 0 Å². The van der Waals surface area contributed by atoms with Crippen molar-refractivity contribution in [2.75, 3.05) is 23.7 Å². The quantitative estimate of drug-likeness (QED) is 0.161. The normalized spacial score (nSPS) is 10.5. The van der Waals surface area contributed by atoms with Gasteiger partial charge in [0, 0.05) is 52.7 Å². The molecule has 0 aliphatic heterocycles. The summed E-state index contributed by atoms with van der Waals surface area (Å²) in [4.78, 5) is 58.7. The monoisotopic (exact) mass is 499 g/mol. The van der Waals surface area contributed by atoms with Crippen LogP contribution in [0.4, 0.5) is 21.9 Å². The molecule has 3 aromatic heterocycles. The van der Waals surface area contributed by atoms with Crippen molar-refractivity contribution < 1.29 is 24.1 Å². The number of nitro groups is 1. The molecule has 15 heteroatoms. The number of carbonyl (C=O) groups is 4. The molecule has 5 amide bonds. The summed E-state index contributed by atoms with van der Waals surface area (Å²) < 4.78 is 4.37. The molecule has 0 saturated heterocycles. The van der Waals surface area contributed by atoms with Crippen LogP contribution in [0.2, 0.25) is 0 Å². The highest BCUT2D eigenvalue weighted by Gasteiger charge is 2.20. The van der Waals surface area contributed by atoms with E-state index in [1.165, 1.54) is 45.3 Å². The maximum absolute atomic E-state index is 12.8. The lowest BCUT2D eigenvalue weighted by atomic mass is 10.3. The van der Waals surface area contributed by atoms with Gasteiger partial charge in [0.25, 0.3) is 23.4 Å². The third-order valence-corrected chi connectivity index (χ3v) is 5.13. The largest absolute Gasteiger partial charge is 0.352 e. The van der Waals surface area contributed by atoms with Gasteiger partial charge < -0.3 is 40.7 Å². The molecule has 0 atom stereocenters. The number of hydrogen-bond donors (Lipinski definition) is 5. The Bertz CT molecular complexity index is 1350. The second kappa shape index (κ2) is 10.5. The van der Waals surface area contributed by atoms with Gasteiger partial charge in [0.1, 0.15) is 17.1 Å². The van der Waals surface area contributed by atoms with Crippen LogP contribution in [0.15, 0.2) is 36.8 Å². The fourth-order valence-electron chi connectivity index (χ4n) is 3.43. The van der Waals surface area contributed by atoms with Crippen molar-refractivity contribution in [2.24, 2.45) is 26.9 Å². The predicted molar refractivity (Wildman–Crippen MR) is 129 cm³/mol. The number of carbonyl (C=O) groups excluding carboxylic acids is 4. The minimum Gasteiger partial charge on any atom is -0.352 e. The molecule has 0 fully saturated rings. The van der Waals surface area contributed by atoms with E-state index in [9.17, 15) is 29.3 Å². The fourth-order valence-corrected chi connectivity index (χ4v) is 3.43. The van der Waals surface area contributed by atoms with E-state index in [-0.39, 0.29) is 35.9 Å². The third-order valence-electron chi connectivity index (χ3n) is 5.13. The average Bonchev–Trinajstić information content (AvgIpc) is 3.47. The van der Waals surface area contributed by atoms with Crippen molar-refractivity contribution in [3.63, 3.8) is 0 Å². The van der Waals surface area contributed by atoms with Gasteiger partial charge in [0.2, 0.25) is 0 Å². The van der Waals surface area contributed by atoms with E-state index in [0.29, 0.717) is 11.4 Å². The molecule has 0 aliphatic rings. The van der Waals surface area contributed by atoms with Crippen molar-refractivity contribution >= 4 is 40.8 Å². The van der Waals surface area contributed by atoms with Gasteiger partial charge in [-0.05, 0) is 12.1 Å². The lowest BCUT2D eigenvalue weighted by molar-refractivity contribution is -0.384. The first-order chi connectivity index (χ1) is 17.0. The van der Waals surface area contributed by atoms with Crippen LogP contribution in [0.5, 0.6) is 0 Å². The summed E-state index contributed by atoms with van der Waals surface area (Å²) in [5.74, 6) is -1.47.